The minimum atomic E-state index is -0.320. The molecule has 2 aromatic heterocycles. The third kappa shape index (κ3) is 4.63. The molecule has 1 aromatic carbocycles. The highest BCUT2D eigenvalue weighted by Crippen LogP contribution is 2.33. The standard InChI is InChI=1S/C27H29FN6O2/c1-17(35)33-9-3-4-19(14-33)27-31-24(12-25(32-27)30-21-6-2-5-20(28)10-21)18-7-8-26(29-13-18)34-15-23-11-22(34)16-36-23/h2,5-8,10,12-13,19,22-23H,3-4,9,11,14-16H2,1H3,(H,30,31,32)/t19?,22-,23-/m0/s1. The molecule has 3 aliphatic heterocycles. The van der Waals surface area contributed by atoms with E-state index in [1.54, 1.807) is 19.1 Å². The van der Waals surface area contributed by atoms with Crippen molar-refractivity contribution in [2.24, 2.45) is 0 Å². The highest BCUT2D eigenvalue weighted by molar-refractivity contribution is 5.73. The second-order valence-corrected chi connectivity index (χ2v) is 9.84. The van der Waals surface area contributed by atoms with Gasteiger partial charge < -0.3 is 19.9 Å². The minimum absolute atomic E-state index is 0.0306. The maximum atomic E-state index is 13.8. The van der Waals surface area contributed by atoms with Gasteiger partial charge in [0.25, 0.3) is 0 Å². The molecular weight excluding hydrogens is 459 g/mol. The first-order chi connectivity index (χ1) is 17.5. The number of hydrogen-bond acceptors (Lipinski definition) is 7. The molecule has 5 heterocycles. The van der Waals surface area contributed by atoms with Gasteiger partial charge in [-0.1, -0.05) is 6.07 Å². The first-order valence-electron chi connectivity index (χ1n) is 12.5. The molecule has 3 aliphatic rings. The van der Waals surface area contributed by atoms with Crippen LogP contribution in [-0.2, 0) is 9.53 Å². The highest BCUT2D eigenvalue weighted by Gasteiger charge is 2.39. The maximum absolute atomic E-state index is 13.8. The number of amides is 1. The van der Waals surface area contributed by atoms with Gasteiger partial charge in [-0.15, -0.1) is 0 Å². The maximum Gasteiger partial charge on any atom is 0.219 e. The molecule has 9 heteroatoms. The number of morpholine rings is 1. The van der Waals surface area contributed by atoms with Gasteiger partial charge in [0.05, 0.1) is 24.4 Å². The molecule has 0 aliphatic carbocycles. The molecule has 3 aromatic rings. The highest BCUT2D eigenvalue weighted by atomic mass is 19.1. The van der Waals surface area contributed by atoms with Crippen molar-refractivity contribution in [1.82, 2.24) is 19.9 Å². The van der Waals surface area contributed by atoms with Crippen LogP contribution in [0.4, 0.5) is 21.7 Å². The Morgan fingerprint density at radius 2 is 2.08 bits per heavy atom. The number of halogens is 1. The van der Waals surface area contributed by atoms with Crippen LogP contribution >= 0.6 is 0 Å². The third-order valence-corrected chi connectivity index (χ3v) is 7.31. The number of hydrogen-bond donors (Lipinski definition) is 1. The van der Waals surface area contributed by atoms with Crippen LogP contribution in [0.25, 0.3) is 11.3 Å². The zero-order chi connectivity index (χ0) is 24.6. The summed E-state index contributed by atoms with van der Waals surface area (Å²) in [6.45, 7) is 4.59. The fraction of sp³-hybridized carbons (Fsp3) is 0.407. The molecule has 0 spiro atoms. The second kappa shape index (κ2) is 9.46. The number of anilines is 3. The average molecular weight is 489 g/mol. The number of carbonyl (C=O) groups excluding carboxylic acids is 1. The molecule has 3 saturated heterocycles. The van der Waals surface area contributed by atoms with Gasteiger partial charge in [0.15, 0.2) is 0 Å². The number of carbonyl (C=O) groups is 1. The Bertz CT molecular complexity index is 1270. The van der Waals surface area contributed by atoms with Crippen LogP contribution in [0.15, 0.2) is 48.7 Å². The summed E-state index contributed by atoms with van der Waals surface area (Å²) in [5.74, 6) is 1.98. The van der Waals surface area contributed by atoms with E-state index < -0.39 is 0 Å². The van der Waals surface area contributed by atoms with Gasteiger partial charge in [0.1, 0.15) is 23.3 Å². The second-order valence-electron chi connectivity index (χ2n) is 9.84. The number of nitrogens with one attached hydrogen (secondary N) is 1. The Hall–Kier alpha value is -3.59. The monoisotopic (exact) mass is 488 g/mol. The summed E-state index contributed by atoms with van der Waals surface area (Å²) in [7, 11) is 0. The van der Waals surface area contributed by atoms with Crippen molar-refractivity contribution in [2.45, 2.75) is 44.2 Å². The fourth-order valence-electron chi connectivity index (χ4n) is 5.44. The van der Waals surface area contributed by atoms with Crippen LogP contribution in [-0.4, -0.2) is 64.1 Å². The van der Waals surface area contributed by atoms with Crippen molar-refractivity contribution in [1.29, 1.82) is 0 Å². The van der Waals surface area contributed by atoms with Crippen LogP contribution in [0.2, 0.25) is 0 Å². The largest absolute Gasteiger partial charge is 0.374 e. The molecule has 2 bridgehead atoms. The lowest BCUT2D eigenvalue weighted by Gasteiger charge is -2.31. The predicted octanol–water partition coefficient (Wildman–Crippen LogP) is 4.12. The van der Waals surface area contributed by atoms with Gasteiger partial charge in [-0.25, -0.2) is 19.3 Å². The van der Waals surface area contributed by atoms with Crippen LogP contribution < -0.4 is 10.2 Å². The van der Waals surface area contributed by atoms with Crippen molar-refractivity contribution in [3.05, 3.63) is 60.3 Å². The Kier molecular flexibility index (Phi) is 6.00. The quantitative estimate of drug-likeness (QED) is 0.578. The lowest BCUT2D eigenvalue weighted by atomic mass is 9.97. The summed E-state index contributed by atoms with van der Waals surface area (Å²) in [5, 5.41) is 3.23. The van der Waals surface area contributed by atoms with E-state index in [0.717, 1.165) is 56.0 Å². The minimum Gasteiger partial charge on any atom is -0.374 e. The average Bonchev–Trinajstić information content (AvgIpc) is 3.53. The number of ether oxygens (including phenoxy) is 1. The lowest BCUT2D eigenvalue weighted by Crippen LogP contribution is -2.38. The van der Waals surface area contributed by atoms with Crippen molar-refractivity contribution in [3.63, 3.8) is 0 Å². The third-order valence-electron chi connectivity index (χ3n) is 7.31. The van der Waals surface area contributed by atoms with Gasteiger partial charge in [-0.05, 0) is 49.6 Å². The molecule has 3 fully saturated rings. The normalized spacial score (nSPS) is 23.2. The van der Waals surface area contributed by atoms with Crippen molar-refractivity contribution in [3.8, 4) is 11.3 Å². The number of aromatic nitrogens is 3. The molecular formula is C27H29FN6O2. The van der Waals surface area contributed by atoms with Crippen LogP contribution in [0.5, 0.6) is 0 Å². The molecule has 1 unspecified atom stereocenters. The Balaban J connectivity index is 1.32. The van der Waals surface area contributed by atoms with Gasteiger partial charge >= 0.3 is 0 Å². The lowest BCUT2D eigenvalue weighted by molar-refractivity contribution is -0.130. The van der Waals surface area contributed by atoms with Crippen LogP contribution in [0, 0.1) is 5.82 Å². The van der Waals surface area contributed by atoms with Crippen LogP contribution in [0.3, 0.4) is 0 Å². The van der Waals surface area contributed by atoms with Crippen LogP contribution in [0.1, 0.15) is 37.9 Å². The topological polar surface area (TPSA) is 83.5 Å². The molecule has 3 atom stereocenters. The Morgan fingerprint density at radius 3 is 2.81 bits per heavy atom. The summed E-state index contributed by atoms with van der Waals surface area (Å²) in [6, 6.07) is 12.6. The van der Waals surface area contributed by atoms with E-state index in [1.807, 2.05) is 29.3 Å². The van der Waals surface area contributed by atoms with Crippen molar-refractivity contribution in [2.75, 3.05) is 36.5 Å². The molecule has 0 radical (unpaired) electrons. The molecule has 1 amide bonds. The predicted molar refractivity (Wildman–Crippen MR) is 135 cm³/mol. The van der Waals surface area contributed by atoms with E-state index >= 15 is 0 Å². The summed E-state index contributed by atoms with van der Waals surface area (Å²) >= 11 is 0. The Labute approximate surface area is 209 Å². The number of fused-ring (bicyclic) bond motifs is 2. The fourth-order valence-corrected chi connectivity index (χ4v) is 5.44. The first kappa shape index (κ1) is 22.8. The summed E-state index contributed by atoms with van der Waals surface area (Å²) in [5.41, 5.74) is 2.23. The zero-order valence-corrected chi connectivity index (χ0v) is 20.2. The molecule has 36 heavy (non-hydrogen) atoms. The number of rotatable bonds is 5. The van der Waals surface area contributed by atoms with E-state index in [2.05, 4.69) is 10.2 Å². The summed E-state index contributed by atoms with van der Waals surface area (Å²) in [4.78, 5) is 30.6. The number of benzene rings is 1. The SMILES string of the molecule is CC(=O)N1CCCC(c2nc(Nc3cccc(F)c3)cc(-c3ccc(N4C[C@@H]5C[C@H]4CO5)nc3)n2)C1. The molecule has 0 saturated carbocycles. The van der Waals surface area contributed by atoms with E-state index in [4.69, 9.17) is 19.7 Å². The van der Waals surface area contributed by atoms with Gasteiger partial charge in [0.2, 0.25) is 5.91 Å². The summed E-state index contributed by atoms with van der Waals surface area (Å²) < 4.78 is 19.5. The van der Waals surface area contributed by atoms with Gasteiger partial charge in [-0.3, -0.25) is 4.79 Å². The number of pyridine rings is 1. The van der Waals surface area contributed by atoms with E-state index in [-0.39, 0.29) is 17.6 Å². The first-order valence-corrected chi connectivity index (χ1v) is 12.5. The van der Waals surface area contributed by atoms with Crippen molar-refractivity contribution >= 4 is 23.2 Å². The van der Waals surface area contributed by atoms with Gasteiger partial charge in [0, 0.05) is 56.0 Å². The number of likely N-dealkylation sites (tertiary alicyclic amines) is 1. The zero-order valence-electron chi connectivity index (χ0n) is 20.2. The molecule has 6 rings (SSSR count). The molecule has 186 valence electrons. The van der Waals surface area contributed by atoms with E-state index in [9.17, 15) is 9.18 Å². The molecule has 1 N–H and O–H groups in total. The smallest absolute Gasteiger partial charge is 0.219 e. The number of nitrogens with zero attached hydrogens (tertiary/aromatic N) is 5. The Morgan fingerprint density at radius 1 is 1.17 bits per heavy atom. The number of piperidine rings is 1. The molecule has 8 nitrogen and oxygen atoms in total. The van der Waals surface area contributed by atoms with E-state index in [0.29, 0.717) is 36.0 Å². The summed E-state index contributed by atoms with van der Waals surface area (Å²) in [6.07, 6.45) is 5.03. The van der Waals surface area contributed by atoms with Gasteiger partial charge in [-0.2, -0.15) is 0 Å². The van der Waals surface area contributed by atoms with E-state index in [1.165, 1.54) is 12.1 Å². The van der Waals surface area contributed by atoms with Crippen molar-refractivity contribution < 1.29 is 13.9 Å².